The van der Waals surface area contributed by atoms with Gasteiger partial charge in [-0.1, -0.05) is 12.1 Å². The summed E-state index contributed by atoms with van der Waals surface area (Å²) < 4.78 is 13.5. The second-order valence-corrected chi connectivity index (χ2v) is 3.75. The van der Waals surface area contributed by atoms with Crippen LogP contribution in [0.15, 0.2) is 24.3 Å². The predicted molar refractivity (Wildman–Crippen MR) is 66.7 cm³/mol. The van der Waals surface area contributed by atoms with Crippen molar-refractivity contribution in [1.29, 1.82) is 0 Å². The third-order valence-corrected chi connectivity index (χ3v) is 2.48. The molecule has 0 aliphatic rings. The zero-order valence-corrected chi connectivity index (χ0v) is 10.6. The Bertz CT molecular complexity index is 435. The monoisotopic (exact) mass is 252 g/mol. The molecule has 2 amide bonds. The first-order valence-corrected chi connectivity index (χ1v) is 5.90. The molecule has 0 fully saturated rings. The molecule has 4 nitrogen and oxygen atoms in total. The maximum atomic E-state index is 13.5. The van der Waals surface area contributed by atoms with Gasteiger partial charge in [0.15, 0.2) is 0 Å². The van der Waals surface area contributed by atoms with E-state index in [-0.39, 0.29) is 18.0 Å². The average molecular weight is 252 g/mol. The molecule has 0 atom stereocenters. The van der Waals surface area contributed by atoms with Crippen molar-refractivity contribution in [1.82, 2.24) is 10.2 Å². The highest BCUT2D eigenvalue weighted by molar-refractivity contribution is 5.96. The number of nitrogens with one attached hydrogen (secondary N) is 1. The largest absolute Gasteiger partial charge is 0.355 e. The van der Waals surface area contributed by atoms with Crippen molar-refractivity contribution in [2.75, 3.05) is 19.6 Å². The molecule has 0 aliphatic heterocycles. The van der Waals surface area contributed by atoms with Crippen molar-refractivity contribution in [3.05, 3.63) is 35.6 Å². The summed E-state index contributed by atoms with van der Waals surface area (Å²) in [4.78, 5) is 24.8. The van der Waals surface area contributed by atoms with Crippen LogP contribution in [0.25, 0.3) is 0 Å². The summed E-state index contributed by atoms with van der Waals surface area (Å²) in [7, 11) is 0. The number of halogens is 1. The lowest BCUT2D eigenvalue weighted by molar-refractivity contribution is -0.121. The molecule has 0 radical (unpaired) electrons. The molecule has 0 aliphatic carbocycles. The van der Waals surface area contributed by atoms with Crippen molar-refractivity contribution in [2.24, 2.45) is 0 Å². The lowest BCUT2D eigenvalue weighted by atomic mass is 10.2. The van der Waals surface area contributed by atoms with Crippen LogP contribution in [-0.4, -0.2) is 36.3 Å². The standard InChI is InChI=1S/C13H17FN2O2/c1-3-15-12(17)9-16(4-2)13(18)10-7-5-6-8-11(10)14/h5-8H,3-4,9H2,1-2H3,(H,15,17). The van der Waals surface area contributed by atoms with Crippen molar-refractivity contribution in [3.8, 4) is 0 Å². The number of amides is 2. The van der Waals surface area contributed by atoms with Crippen molar-refractivity contribution < 1.29 is 14.0 Å². The van der Waals surface area contributed by atoms with Gasteiger partial charge < -0.3 is 10.2 Å². The molecule has 0 spiro atoms. The lowest BCUT2D eigenvalue weighted by Gasteiger charge is -2.20. The SMILES string of the molecule is CCNC(=O)CN(CC)C(=O)c1ccccc1F. The minimum Gasteiger partial charge on any atom is -0.355 e. The number of rotatable bonds is 5. The van der Waals surface area contributed by atoms with Gasteiger partial charge in [-0.15, -0.1) is 0 Å². The first-order valence-electron chi connectivity index (χ1n) is 5.90. The summed E-state index contributed by atoms with van der Waals surface area (Å²) >= 11 is 0. The fourth-order valence-corrected chi connectivity index (χ4v) is 1.56. The molecular formula is C13H17FN2O2. The summed E-state index contributed by atoms with van der Waals surface area (Å²) in [5, 5.41) is 2.60. The molecule has 1 aromatic carbocycles. The highest BCUT2D eigenvalue weighted by Gasteiger charge is 2.19. The van der Waals surface area contributed by atoms with E-state index < -0.39 is 11.7 Å². The van der Waals surface area contributed by atoms with Gasteiger partial charge in [-0.2, -0.15) is 0 Å². The zero-order chi connectivity index (χ0) is 13.5. The van der Waals surface area contributed by atoms with E-state index in [1.807, 2.05) is 0 Å². The van der Waals surface area contributed by atoms with Crippen molar-refractivity contribution in [2.45, 2.75) is 13.8 Å². The normalized spacial score (nSPS) is 9.94. The van der Waals surface area contributed by atoms with Crippen molar-refractivity contribution >= 4 is 11.8 Å². The van der Waals surface area contributed by atoms with Gasteiger partial charge in [0.2, 0.25) is 5.91 Å². The molecular weight excluding hydrogens is 235 g/mol. The zero-order valence-electron chi connectivity index (χ0n) is 10.6. The van der Waals surface area contributed by atoms with E-state index in [0.717, 1.165) is 0 Å². The van der Waals surface area contributed by atoms with E-state index in [1.54, 1.807) is 19.9 Å². The second-order valence-electron chi connectivity index (χ2n) is 3.75. The number of carbonyl (C=O) groups excluding carboxylic acids is 2. The fraction of sp³-hybridized carbons (Fsp3) is 0.385. The predicted octanol–water partition coefficient (Wildman–Crippen LogP) is 1.42. The van der Waals surface area contributed by atoms with Crippen LogP contribution in [0.4, 0.5) is 4.39 Å². The van der Waals surface area contributed by atoms with E-state index in [4.69, 9.17) is 0 Å². The first kappa shape index (κ1) is 14.2. The quantitative estimate of drug-likeness (QED) is 0.861. The van der Waals surface area contributed by atoms with Gasteiger partial charge in [-0.25, -0.2) is 4.39 Å². The number of benzene rings is 1. The third kappa shape index (κ3) is 3.55. The average Bonchev–Trinajstić information content (AvgIpc) is 2.36. The number of hydrogen-bond donors (Lipinski definition) is 1. The topological polar surface area (TPSA) is 49.4 Å². The Morgan fingerprint density at radius 3 is 2.50 bits per heavy atom. The third-order valence-electron chi connectivity index (χ3n) is 2.48. The molecule has 0 saturated heterocycles. The van der Waals surface area contributed by atoms with Crippen LogP contribution in [0.5, 0.6) is 0 Å². The van der Waals surface area contributed by atoms with E-state index in [1.165, 1.54) is 23.1 Å². The van der Waals surface area contributed by atoms with Crippen LogP contribution in [-0.2, 0) is 4.79 Å². The van der Waals surface area contributed by atoms with Crippen LogP contribution in [0.3, 0.4) is 0 Å². The van der Waals surface area contributed by atoms with E-state index in [0.29, 0.717) is 13.1 Å². The Kier molecular flexibility index (Phi) is 5.30. The van der Waals surface area contributed by atoms with Crippen LogP contribution in [0.1, 0.15) is 24.2 Å². The molecule has 0 saturated carbocycles. The molecule has 5 heteroatoms. The molecule has 0 aromatic heterocycles. The Hall–Kier alpha value is -1.91. The Morgan fingerprint density at radius 2 is 1.94 bits per heavy atom. The molecule has 0 heterocycles. The highest BCUT2D eigenvalue weighted by Crippen LogP contribution is 2.09. The molecule has 18 heavy (non-hydrogen) atoms. The smallest absolute Gasteiger partial charge is 0.257 e. The van der Waals surface area contributed by atoms with E-state index >= 15 is 0 Å². The number of carbonyl (C=O) groups is 2. The van der Waals surface area contributed by atoms with Gasteiger partial charge in [-0.3, -0.25) is 9.59 Å². The molecule has 98 valence electrons. The molecule has 1 N–H and O–H groups in total. The molecule has 0 unspecified atom stereocenters. The van der Waals surface area contributed by atoms with Gasteiger partial charge in [0, 0.05) is 13.1 Å². The Balaban J connectivity index is 2.80. The van der Waals surface area contributed by atoms with Crippen LogP contribution >= 0.6 is 0 Å². The lowest BCUT2D eigenvalue weighted by Crippen LogP contribution is -2.40. The van der Waals surface area contributed by atoms with Gasteiger partial charge in [-0.05, 0) is 26.0 Å². The maximum Gasteiger partial charge on any atom is 0.257 e. The van der Waals surface area contributed by atoms with E-state index in [9.17, 15) is 14.0 Å². The Morgan fingerprint density at radius 1 is 1.28 bits per heavy atom. The second kappa shape index (κ2) is 6.74. The maximum absolute atomic E-state index is 13.5. The van der Waals surface area contributed by atoms with Crippen LogP contribution in [0.2, 0.25) is 0 Å². The summed E-state index contributed by atoms with van der Waals surface area (Å²) in [6.07, 6.45) is 0. The van der Waals surface area contributed by atoms with Gasteiger partial charge in [0.25, 0.3) is 5.91 Å². The fourth-order valence-electron chi connectivity index (χ4n) is 1.56. The first-order chi connectivity index (χ1) is 8.60. The van der Waals surface area contributed by atoms with Gasteiger partial charge in [0.05, 0.1) is 12.1 Å². The van der Waals surface area contributed by atoms with Gasteiger partial charge >= 0.3 is 0 Å². The summed E-state index contributed by atoms with van der Waals surface area (Å²) in [6, 6.07) is 5.76. The summed E-state index contributed by atoms with van der Waals surface area (Å²) in [5.41, 5.74) is -0.0105. The minimum absolute atomic E-state index is 0.0105. The number of hydrogen-bond acceptors (Lipinski definition) is 2. The molecule has 0 bridgehead atoms. The van der Waals surface area contributed by atoms with Crippen LogP contribution in [0, 0.1) is 5.82 Å². The highest BCUT2D eigenvalue weighted by atomic mass is 19.1. The van der Waals surface area contributed by atoms with Crippen LogP contribution < -0.4 is 5.32 Å². The minimum atomic E-state index is -0.572. The molecule has 1 rings (SSSR count). The number of nitrogens with zero attached hydrogens (tertiary/aromatic N) is 1. The summed E-state index contributed by atoms with van der Waals surface area (Å²) in [6.45, 7) is 4.34. The van der Waals surface area contributed by atoms with Crippen molar-refractivity contribution in [3.63, 3.8) is 0 Å². The Labute approximate surface area is 106 Å². The van der Waals surface area contributed by atoms with E-state index in [2.05, 4.69) is 5.32 Å². The summed E-state index contributed by atoms with van der Waals surface area (Å²) in [5.74, 6) is -1.29. The van der Waals surface area contributed by atoms with Gasteiger partial charge in [0.1, 0.15) is 5.82 Å². The number of likely N-dealkylation sites (N-methyl/N-ethyl adjacent to an activating group) is 2. The molecule has 1 aromatic rings.